The van der Waals surface area contributed by atoms with Gasteiger partial charge in [-0.05, 0) is 0 Å². The lowest BCUT2D eigenvalue weighted by molar-refractivity contribution is -0.143. The number of amides is 1. The van der Waals surface area contributed by atoms with Crippen molar-refractivity contribution in [1.82, 2.24) is 0 Å². The molecule has 0 heterocycles. The molecule has 0 fully saturated rings. The van der Waals surface area contributed by atoms with E-state index in [1.807, 2.05) is 0 Å². The summed E-state index contributed by atoms with van der Waals surface area (Å²) in [4.78, 5) is 33.5. The molecular weight excluding hydrogens is 164 g/mol. The monoisotopic (exact) mass is 172 g/mol. The summed E-state index contributed by atoms with van der Waals surface area (Å²) in [6.07, 6.45) is 0.702. The minimum absolute atomic E-state index is 0.345. The maximum Gasteiger partial charge on any atom is 0.323 e. The van der Waals surface area contributed by atoms with Gasteiger partial charge in [0.2, 0.25) is 6.08 Å². The van der Waals surface area contributed by atoms with E-state index in [0.29, 0.717) is 0 Å². The molecule has 0 saturated heterocycles. The zero-order valence-corrected chi connectivity index (χ0v) is 6.44. The van der Waals surface area contributed by atoms with Crippen molar-refractivity contribution in [3.63, 3.8) is 0 Å². The maximum atomic E-state index is 10.6. The fourth-order valence-corrected chi connectivity index (χ4v) is 0.519. The van der Waals surface area contributed by atoms with Gasteiger partial charge in [-0.25, -0.2) is 4.79 Å². The highest BCUT2D eigenvalue weighted by Crippen LogP contribution is 1.92. The fourth-order valence-electron chi connectivity index (χ4n) is 0.519. The van der Waals surface area contributed by atoms with E-state index in [2.05, 4.69) is 9.73 Å². The second kappa shape index (κ2) is 5.17. The van der Waals surface area contributed by atoms with E-state index in [4.69, 9.17) is 5.73 Å². The summed E-state index contributed by atoms with van der Waals surface area (Å²) in [6.45, 7) is 0. The SMILES string of the molecule is COC(=O)C(N)CC(=O)N=C=O. The second-order valence-electron chi connectivity index (χ2n) is 1.93. The van der Waals surface area contributed by atoms with Gasteiger partial charge in [-0.1, -0.05) is 0 Å². The van der Waals surface area contributed by atoms with Crippen molar-refractivity contribution < 1.29 is 19.1 Å². The third-order valence-corrected chi connectivity index (χ3v) is 1.07. The van der Waals surface area contributed by atoms with Crippen LogP contribution in [0.1, 0.15) is 6.42 Å². The minimum atomic E-state index is -1.07. The summed E-state index contributed by atoms with van der Waals surface area (Å²) in [5.74, 6) is -1.51. The Kier molecular flexibility index (Phi) is 4.52. The first-order valence-electron chi connectivity index (χ1n) is 3.06. The van der Waals surface area contributed by atoms with Crippen molar-refractivity contribution in [2.75, 3.05) is 7.11 Å². The third-order valence-electron chi connectivity index (χ3n) is 1.07. The van der Waals surface area contributed by atoms with Gasteiger partial charge in [-0.15, -0.1) is 4.99 Å². The number of nitrogens with two attached hydrogens (primary N) is 1. The first-order valence-corrected chi connectivity index (χ1v) is 3.06. The van der Waals surface area contributed by atoms with Crippen molar-refractivity contribution in [3.05, 3.63) is 0 Å². The third kappa shape index (κ3) is 3.60. The molecule has 2 N–H and O–H groups in total. The molecule has 0 aliphatic rings. The number of isocyanates is 1. The summed E-state index contributed by atoms with van der Waals surface area (Å²) in [5.41, 5.74) is 5.17. The van der Waals surface area contributed by atoms with Gasteiger partial charge in [0.15, 0.2) is 0 Å². The standard InChI is InChI=1S/C6H8N2O4/c1-12-6(11)4(7)2-5(10)8-3-9/h4H,2,7H2,1H3. The lowest BCUT2D eigenvalue weighted by Crippen LogP contribution is -2.33. The highest BCUT2D eigenvalue weighted by atomic mass is 16.5. The highest BCUT2D eigenvalue weighted by Gasteiger charge is 2.17. The Morgan fingerprint density at radius 3 is 2.67 bits per heavy atom. The largest absolute Gasteiger partial charge is 0.468 e. The summed E-state index contributed by atoms with van der Waals surface area (Å²) in [7, 11) is 1.15. The van der Waals surface area contributed by atoms with Crippen molar-refractivity contribution in [3.8, 4) is 0 Å². The van der Waals surface area contributed by atoms with Gasteiger partial charge in [-0.2, -0.15) is 0 Å². The smallest absolute Gasteiger partial charge is 0.323 e. The number of aliphatic imine (C=N–C) groups is 1. The van der Waals surface area contributed by atoms with Crippen LogP contribution in [0.2, 0.25) is 0 Å². The van der Waals surface area contributed by atoms with Gasteiger partial charge in [0, 0.05) is 0 Å². The number of carbonyl (C=O) groups is 2. The lowest BCUT2D eigenvalue weighted by atomic mass is 10.2. The van der Waals surface area contributed by atoms with Gasteiger partial charge in [0.25, 0.3) is 5.91 Å². The molecule has 0 rings (SSSR count). The number of rotatable bonds is 3. The Labute approximate surface area is 68.4 Å². The molecule has 1 atom stereocenters. The van der Waals surface area contributed by atoms with E-state index in [1.54, 1.807) is 0 Å². The van der Waals surface area contributed by atoms with Gasteiger partial charge in [0.1, 0.15) is 6.04 Å². The molecule has 1 unspecified atom stereocenters. The van der Waals surface area contributed by atoms with Crippen molar-refractivity contribution in [2.24, 2.45) is 10.7 Å². The molecule has 0 bridgehead atoms. The number of methoxy groups -OCH3 is 1. The molecule has 0 spiro atoms. The summed E-state index contributed by atoms with van der Waals surface area (Å²) < 4.78 is 4.23. The van der Waals surface area contributed by atoms with Gasteiger partial charge in [0.05, 0.1) is 13.5 Å². The van der Waals surface area contributed by atoms with E-state index in [9.17, 15) is 14.4 Å². The van der Waals surface area contributed by atoms with Gasteiger partial charge < -0.3 is 10.5 Å². The summed E-state index contributed by atoms with van der Waals surface area (Å²) in [5, 5.41) is 0. The molecule has 6 heteroatoms. The van der Waals surface area contributed by atoms with Crippen molar-refractivity contribution in [2.45, 2.75) is 12.5 Å². The van der Waals surface area contributed by atoms with Gasteiger partial charge in [-0.3, -0.25) is 9.59 Å². The van der Waals surface area contributed by atoms with Crippen molar-refractivity contribution in [1.29, 1.82) is 0 Å². The van der Waals surface area contributed by atoms with Crippen LogP contribution in [0.15, 0.2) is 4.99 Å². The zero-order chi connectivity index (χ0) is 9.56. The fraction of sp³-hybridized carbons (Fsp3) is 0.500. The number of hydrogen-bond acceptors (Lipinski definition) is 5. The molecule has 12 heavy (non-hydrogen) atoms. The molecule has 6 nitrogen and oxygen atoms in total. The molecule has 0 saturated carbocycles. The van der Waals surface area contributed by atoms with Crippen LogP contribution in [-0.2, 0) is 19.1 Å². The van der Waals surface area contributed by atoms with Crippen molar-refractivity contribution >= 4 is 18.0 Å². The molecule has 0 aromatic carbocycles. The molecule has 0 aliphatic carbocycles. The van der Waals surface area contributed by atoms with Gasteiger partial charge >= 0.3 is 5.97 Å². The summed E-state index contributed by atoms with van der Waals surface area (Å²) in [6, 6.07) is -1.07. The topological polar surface area (TPSA) is 98.8 Å². The number of esters is 1. The predicted octanol–water partition coefficient (Wildman–Crippen LogP) is -1.26. The van der Waals surface area contributed by atoms with Crippen LogP contribution < -0.4 is 5.73 Å². The van der Waals surface area contributed by atoms with Crippen LogP contribution in [0.5, 0.6) is 0 Å². The zero-order valence-electron chi connectivity index (χ0n) is 6.44. The minimum Gasteiger partial charge on any atom is -0.468 e. The Morgan fingerprint density at radius 1 is 1.67 bits per heavy atom. The number of nitrogens with zero attached hydrogens (tertiary/aromatic N) is 1. The highest BCUT2D eigenvalue weighted by molar-refractivity contribution is 5.87. The Morgan fingerprint density at radius 2 is 2.25 bits per heavy atom. The number of ether oxygens (including phenoxy) is 1. The Balaban J connectivity index is 4.00. The Hall–Kier alpha value is -1.52. The molecule has 0 aromatic heterocycles. The van der Waals surface area contributed by atoms with Crippen LogP contribution >= 0.6 is 0 Å². The van der Waals surface area contributed by atoms with Crippen LogP contribution in [-0.4, -0.2) is 31.1 Å². The molecule has 1 amide bonds. The summed E-state index contributed by atoms with van der Waals surface area (Å²) >= 11 is 0. The number of hydrogen-bond donors (Lipinski definition) is 1. The van der Waals surface area contributed by atoms with E-state index in [1.165, 1.54) is 0 Å². The number of carbonyl (C=O) groups excluding carboxylic acids is 3. The van der Waals surface area contributed by atoms with E-state index in [-0.39, 0.29) is 6.42 Å². The van der Waals surface area contributed by atoms with Crippen LogP contribution in [0.4, 0.5) is 0 Å². The average molecular weight is 172 g/mol. The van der Waals surface area contributed by atoms with E-state index < -0.39 is 17.9 Å². The first kappa shape index (κ1) is 10.5. The molecule has 0 radical (unpaired) electrons. The second-order valence-corrected chi connectivity index (χ2v) is 1.93. The van der Waals surface area contributed by atoms with E-state index in [0.717, 1.165) is 13.2 Å². The average Bonchev–Trinajstić information content (AvgIpc) is 2.03. The van der Waals surface area contributed by atoms with Crippen LogP contribution in [0.3, 0.4) is 0 Å². The normalized spacial score (nSPS) is 11.2. The molecule has 66 valence electrons. The van der Waals surface area contributed by atoms with Crippen LogP contribution in [0, 0.1) is 0 Å². The Bertz CT molecular complexity index is 232. The van der Waals surface area contributed by atoms with E-state index >= 15 is 0 Å². The van der Waals surface area contributed by atoms with Crippen LogP contribution in [0.25, 0.3) is 0 Å². The quantitative estimate of drug-likeness (QED) is 0.325. The lowest BCUT2D eigenvalue weighted by Gasteiger charge is -2.04. The first-order chi connectivity index (χ1) is 5.61. The maximum absolute atomic E-state index is 10.6. The predicted molar refractivity (Wildman–Crippen MR) is 37.7 cm³/mol. The molecular formula is C6H8N2O4. The molecule has 0 aliphatic heterocycles. The molecule has 0 aromatic rings.